The van der Waals surface area contributed by atoms with Crippen molar-refractivity contribution in [2.75, 3.05) is 12.5 Å². The van der Waals surface area contributed by atoms with Gasteiger partial charge in [-0.3, -0.25) is 0 Å². The number of ether oxygens (including phenoxy) is 2. The highest BCUT2D eigenvalue weighted by Gasteiger charge is 2.31. The molecule has 0 aliphatic carbocycles. The van der Waals surface area contributed by atoms with Crippen molar-refractivity contribution >= 4 is 11.6 Å². The van der Waals surface area contributed by atoms with Gasteiger partial charge in [0.2, 0.25) is 0 Å². The van der Waals surface area contributed by atoms with Gasteiger partial charge >= 0.3 is 0 Å². The minimum absolute atomic E-state index is 0.00898. The van der Waals surface area contributed by atoms with Gasteiger partial charge in [0.25, 0.3) is 0 Å². The Morgan fingerprint density at radius 2 is 2.25 bits per heavy atom. The van der Waals surface area contributed by atoms with Gasteiger partial charge in [0.1, 0.15) is 12.4 Å². The van der Waals surface area contributed by atoms with E-state index in [9.17, 15) is 0 Å². The van der Waals surface area contributed by atoms with Crippen LogP contribution in [0, 0.1) is 18.8 Å². The van der Waals surface area contributed by atoms with Crippen LogP contribution in [0.25, 0.3) is 0 Å². The number of aryl methyl sites for hydroxylation is 1. The first-order valence-electron chi connectivity index (χ1n) is 6.96. The second-order valence-corrected chi connectivity index (χ2v) is 6.03. The highest BCUT2D eigenvalue weighted by atomic mass is 35.5. The van der Waals surface area contributed by atoms with E-state index in [1.54, 1.807) is 0 Å². The third kappa shape index (κ3) is 4.16. The van der Waals surface area contributed by atoms with Crippen molar-refractivity contribution < 1.29 is 9.47 Å². The van der Waals surface area contributed by atoms with Crippen molar-refractivity contribution in [1.29, 1.82) is 0 Å². The van der Waals surface area contributed by atoms with Gasteiger partial charge in [0.15, 0.2) is 0 Å². The Bertz CT molecular complexity index is 526. The Balaban J connectivity index is 1.92. The molecule has 0 aromatic heterocycles. The quantitative estimate of drug-likeness (QED) is 0.621. The minimum atomic E-state index is -0.00898. The molecule has 1 saturated heterocycles. The fourth-order valence-corrected chi connectivity index (χ4v) is 2.45. The van der Waals surface area contributed by atoms with Crippen molar-refractivity contribution in [3.63, 3.8) is 0 Å². The van der Waals surface area contributed by atoms with Gasteiger partial charge in [-0.1, -0.05) is 11.8 Å². The molecule has 1 aromatic rings. The molecule has 0 saturated carbocycles. The fourth-order valence-electron chi connectivity index (χ4n) is 2.38. The topological polar surface area (TPSA) is 18.5 Å². The van der Waals surface area contributed by atoms with Gasteiger partial charge in [-0.25, -0.2) is 0 Å². The Labute approximate surface area is 126 Å². The van der Waals surface area contributed by atoms with Gasteiger partial charge in [-0.15, -0.1) is 11.6 Å². The van der Waals surface area contributed by atoms with Crippen molar-refractivity contribution in [3.8, 4) is 17.6 Å². The number of hydrogen-bond acceptors (Lipinski definition) is 2. The Morgan fingerprint density at radius 3 is 2.85 bits per heavy atom. The van der Waals surface area contributed by atoms with Crippen LogP contribution in [0.15, 0.2) is 18.2 Å². The molecular weight excluding hydrogens is 272 g/mol. The molecule has 1 unspecified atom stereocenters. The number of benzene rings is 1. The minimum Gasteiger partial charge on any atom is -0.491 e. The summed E-state index contributed by atoms with van der Waals surface area (Å²) in [5.74, 6) is 7.12. The van der Waals surface area contributed by atoms with Crippen LogP contribution in [-0.4, -0.2) is 24.2 Å². The lowest BCUT2D eigenvalue weighted by molar-refractivity contribution is -0.0326. The Hall–Kier alpha value is -1.17. The molecule has 0 bridgehead atoms. The van der Waals surface area contributed by atoms with Crippen LogP contribution in [0.3, 0.4) is 0 Å². The monoisotopic (exact) mass is 292 g/mol. The molecule has 1 aromatic carbocycles. The maximum absolute atomic E-state index is 5.92. The summed E-state index contributed by atoms with van der Waals surface area (Å²) in [7, 11) is 0. The number of hydrogen-bond donors (Lipinski definition) is 0. The average Bonchev–Trinajstić information content (AvgIpc) is 2.75. The molecule has 2 rings (SSSR count). The summed E-state index contributed by atoms with van der Waals surface area (Å²) >= 11 is 5.57. The first-order chi connectivity index (χ1) is 9.50. The number of alkyl halides is 1. The summed E-state index contributed by atoms with van der Waals surface area (Å²) < 4.78 is 11.7. The zero-order valence-corrected chi connectivity index (χ0v) is 13.1. The predicted octanol–water partition coefficient (Wildman–Crippen LogP) is 3.92. The second-order valence-electron chi connectivity index (χ2n) is 5.76. The maximum atomic E-state index is 5.92. The highest BCUT2D eigenvalue weighted by Crippen LogP contribution is 2.29. The third-order valence-corrected chi connectivity index (χ3v) is 3.61. The second kappa shape index (κ2) is 6.52. The van der Waals surface area contributed by atoms with Gasteiger partial charge in [0, 0.05) is 5.56 Å². The summed E-state index contributed by atoms with van der Waals surface area (Å²) in [6, 6.07) is 5.94. The first kappa shape index (κ1) is 15.2. The van der Waals surface area contributed by atoms with Gasteiger partial charge in [-0.05, 0) is 57.4 Å². The normalized spacial score (nSPS) is 20.3. The van der Waals surface area contributed by atoms with Crippen LogP contribution in [0.1, 0.15) is 37.8 Å². The number of halogens is 1. The van der Waals surface area contributed by atoms with Crippen molar-refractivity contribution in [2.24, 2.45) is 0 Å². The third-order valence-electron chi connectivity index (χ3n) is 3.48. The zero-order chi connectivity index (χ0) is 14.6. The fraction of sp³-hybridized carbons (Fsp3) is 0.529. The molecule has 108 valence electrons. The summed E-state index contributed by atoms with van der Waals surface area (Å²) in [4.78, 5) is 0. The SMILES string of the molecule is Cc1cc(OCC2CCC(C)(C)O2)ccc1C#CCCl. The molecule has 0 amide bonds. The largest absolute Gasteiger partial charge is 0.491 e. The van der Waals surface area contributed by atoms with Crippen LogP contribution >= 0.6 is 11.6 Å². The molecule has 2 nitrogen and oxygen atoms in total. The Morgan fingerprint density at radius 1 is 1.45 bits per heavy atom. The van der Waals surface area contributed by atoms with E-state index in [0.717, 1.165) is 29.7 Å². The lowest BCUT2D eigenvalue weighted by atomic mass is 10.1. The summed E-state index contributed by atoms with van der Waals surface area (Å²) in [5, 5.41) is 0. The first-order valence-corrected chi connectivity index (χ1v) is 7.50. The van der Waals surface area contributed by atoms with Gasteiger partial charge < -0.3 is 9.47 Å². The van der Waals surface area contributed by atoms with E-state index in [-0.39, 0.29) is 11.7 Å². The van der Waals surface area contributed by atoms with Crippen molar-refractivity contribution in [1.82, 2.24) is 0 Å². The summed E-state index contributed by atoms with van der Waals surface area (Å²) in [6.45, 7) is 6.89. The van der Waals surface area contributed by atoms with E-state index < -0.39 is 0 Å². The van der Waals surface area contributed by atoms with Crippen LogP contribution < -0.4 is 4.74 Å². The molecule has 1 aliphatic heterocycles. The summed E-state index contributed by atoms with van der Waals surface area (Å²) in [5.41, 5.74) is 2.09. The van der Waals surface area contributed by atoms with Crippen molar-refractivity contribution in [3.05, 3.63) is 29.3 Å². The van der Waals surface area contributed by atoms with Crippen molar-refractivity contribution in [2.45, 2.75) is 45.3 Å². The van der Waals surface area contributed by atoms with E-state index in [1.807, 2.05) is 25.1 Å². The molecule has 1 atom stereocenters. The van der Waals surface area contributed by atoms with E-state index in [0.29, 0.717) is 12.5 Å². The smallest absolute Gasteiger partial charge is 0.119 e. The molecule has 0 N–H and O–H groups in total. The van der Waals surface area contributed by atoms with E-state index in [2.05, 4.69) is 25.7 Å². The highest BCUT2D eigenvalue weighted by molar-refractivity contribution is 6.19. The average molecular weight is 293 g/mol. The standard InChI is InChI=1S/C17H21ClO2/c1-13-11-15(7-6-14(13)5-4-10-18)19-12-16-8-9-17(2,3)20-16/h6-7,11,16H,8-10,12H2,1-3H3. The molecule has 20 heavy (non-hydrogen) atoms. The molecular formula is C17H21ClO2. The van der Waals surface area contributed by atoms with Crippen LogP contribution in [0.5, 0.6) is 5.75 Å². The van der Waals surface area contributed by atoms with E-state index in [1.165, 1.54) is 0 Å². The van der Waals surface area contributed by atoms with Gasteiger partial charge in [0.05, 0.1) is 17.6 Å². The molecule has 0 spiro atoms. The molecule has 3 heteroatoms. The maximum Gasteiger partial charge on any atom is 0.119 e. The zero-order valence-electron chi connectivity index (χ0n) is 12.3. The Kier molecular flexibility index (Phi) is 4.96. The van der Waals surface area contributed by atoms with Gasteiger partial charge in [-0.2, -0.15) is 0 Å². The van der Waals surface area contributed by atoms with Crippen LogP contribution in [0.2, 0.25) is 0 Å². The van der Waals surface area contributed by atoms with Crippen LogP contribution in [0.4, 0.5) is 0 Å². The predicted molar refractivity (Wildman–Crippen MR) is 82.5 cm³/mol. The van der Waals surface area contributed by atoms with Crippen LogP contribution in [-0.2, 0) is 4.74 Å². The molecule has 1 heterocycles. The summed E-state index contributed by atoms with van der Waals surface area (Å²) in [6.07, 6.45) is 2.35. The molecule has 0 radical (unpaired) electrons. The lowest BCUT2D eigenvalue weighted by Gasteiger charge is -2.19. The molecule has 1 aliphatic rings. The number of rotatable bonds is 3. The van der Waals surface area contributed by atoms with E-state index >= 15 is 0 Å². The molecule has 1 fully saturated rings. The van der Waals surface area contributed by atoms with E-state index in [4.69, 9.17) is 21.1 Å². The lowest BCUT2D eigenvalue weighted by Crippen LogP contribution is -2.23.